The molecule has 3 aromatic rings. The number of hydrogen-bond donors (Lipinski definition) is 1. The van der Waals surface area contributed by atoms with Crippen LogP contribution in [0.3, 0.4) is 0 Å². The first-order valence-electron chi connectivity index (χ1n) is 10.3. The largest absolute Gasteiger partial charge is 0.495 e. The number of halogens is 2. The zero-order valence-corrected chi connectivity index (χ0v) is 18.4. The number of hydrogen-bond acceptors (Lipinski definition) is 6. The van der Waals surface area contributed by atoms with Gasteiger partial charge in [-0.15, -0.1) is 0 Å². The summed E-state index contributed by atoms with van der Waals surface area (Å²) in [5.74, 6) is -3.29. The first-order valence-corrected chi connectivity index (χ1v) is 10.3. The van der Waals surface area contributed by atoms with Crippen molar-refractivity contribution < 1.29 is 32.6 Å². The molecule has 10 heteroatoms. The van der Waals surface area contributed by atoms with Gasteiger partial charge in [0.1, 0.15) is 12.5 Å². The Morgan fingerprint density at radius 1 is 1.18 bits per heavy atom. The number of methoxy groups -OCH3 is 1. The highest BCUT2D eigenvalue weighted by Gasteiger charge is 2.47. The summed E-state index contributed by atoms with van der Waals surface area (Å²) in [4.78, 5) is 37.7. The Kier molecular flexibility index (Phi) is 7.72. The zero-order chi connectivity index (χ0) is 24.7. The number of nitrogens with zero attached hydrogens (tertiary/aromatic N) is 2. The molecule has 178 valence electrons. The molecule has 1 aromatic heterocycles. The number of aromatic nitrogens is 1. The molecule has 1 unspecified atom stereocenters. The molecule has 1 fully saturated rings. The van der Waals surface area contributed by atoms with E-state index in [0.29, 0.717) is 17.7 Å². The van der Waals surface area contributed by atoms with Crippen molar-refractivity contribution >= 4 is 35.7 Å². The minimum atomic E-state index is -3.14. The van der Waals surface area contributed by atoms with Gasteiger partial charge in [-0.25, -0.2) is 13.8 Å². The highest BCUT2D eigenvalue weighted by Crippen LogP contribution is 2.34. The number of likely N-dealkylation sites (tertiary alicyclic amines) is 1. The van der Waals surface area contributed by atoms with Gasteiger partial charge >= 0.3 is 0 Å². The molecule has 34 heavy (non-hydrogen) atoms. The molecule has 0 radical (unpaired) electrons. The maximum absolute atomic E-state index is 14.7. The smallest absolute Gasteiger partial charge is 0.287 e. The van der Waals surface area contributed by atoms with Crippen molar-refractivity contribution in [1.82, 2.24) is 9.88 Å². The predicted molar refractivity (Wildman–Crippen MR) is 121 cm³/mol. The third-order valence-corrected chi connectivity index (χ3v) is 5.38. The maximum atomic E-state index is 14.7. The number of nitrogens with one attached hydrogen (secondary N) is 1. The number of anilines is 1. The Morgan fingerprint density at radius 3 is 2.68 bits per heavy atom. The van der Waals surface area contributed by atoms with Gasteiger partial charge in [-0.3, -0.25) is 9.59 Å². The highest BCUT2D eigenvalue weighted by molar-refractivity contribution is 6.03. The number of amides is 2. The van der Waals surface area contributed by atoms with Gasteiger partial charge < -0.3 is 24.5 Å². The quantitative estimate of drug-likeness (QED) is 0.552. The van der Waals surface area contributed by atoms with Gasteiger partial charge in [0.05, 0.1) is 30.4 Å². The fourth-order valence-corrected chi connectivity index (χ4v) is 3.69. The van der Waals surface area contributed by atoms with Crippen LogP contribution in [0.25, 0.3) is 10.9 Å². The van der Waals surface area contributed by atoms with Crippen molar-refractivity contribution in [3.63, 3.8) is 0 Å². The minimum Gasteiger partial charge on any atom is -0.495 e. The Labute approximate surface area is 194 Å². The van der Waals surface area contributed by atoms with Crippen LogP contribution in [0.15, 0.2) is 54.6 Å². The summed E-state index contributed by atoms with van der Waals surface area (Å²) in [5.41, 5.74) is 0.947. The number of para-hydroxylation sites is 2. The van der Waals surface area contributed by atoms with Crippen molar-refractivity contribution in [3.8, 4) is 11.6 Å². The standard InChI is InChI=1S/C23H21F2N3O4.CH2O/c1-31-18-8-4-6-16(21(18)26-14-29)22(30)28-12-11-23(24,25)19(13-28)32-20-10-9-15-5-2-3-7-17(15)27-20;1-2/h2-10,14,19H,11-13H2,1H3,(H,26,29);1H2. The van der Waals surface area contributed by atoms with Gasteiger partial charge in [-0.2, -0.15) is 0 Å². The lowest BCUT2D eigenvalue weighted by atomic mass is 10.0. The third kappa shape index (κ3) is 5.11. The van der Waals surface area contributed by atoms with Gasteiger partial charge in [-0.1, -0.05) is 24.3 Å². The van der Waals surface area contributed by atoms with Crippen LogP contribution in [0.5, 0.6) is 11.6 Å². The average molecular weight is 471 g/mol. The molecule has 1 saturated heterocycles. The van der Waals surface area contributed by atoms with Gasteiger partial charge in [0.15, 0.2) is 6.10 Å². The molecule has 1 aliphatic heterocycles. The van der Waals surface area contributed by atoms with Gasteiger partial charge in [-0.05, 0) is 24.3 Å². The van der Waals surface area contributed by atoms with Gasteiger partial charge in [0, 0.05) is 24.4 Å². The summed E-state index contributed by atoms with van der Waals surface area (Å²) in [7, 11) is 1.40. The molecule has 0 saturated carbocycles. The summed E-state index contributed by atoms with van der Waals surface area (Å²) in [6, 6.07) is 15.2. The van der Waals surface area contributed by atoms with Crippen molar-refractivity contribution in [2.75, 3.05) is 25.5 Å². The molecule has 2 amide bonds. The Hall–Kier alpha value is -4.08. The zero-order valence-electron chi connectivity index (χ0n) is 18.4. The first kappa shape index (κ1) is 24.6. The second kappa shape index (κ2) is 10.7. The van der Waals surface area contributed by atoms with Crippen LogP contribution in [0, 0.1) is 0 Å². The molecule has 2 aromatic carbocycles. The molecule has 0 spiro atoms. The Bertz CT molecular complexity index is 1170. The van der Waals surface area contributed by atoms with E-state index in [0.717, 1.165) is 5.39 Å². The van der Waals surface area contributed by atoms with E-state index in [9.17, 15) is 18.4 Å². The van der Waals surface area contributed by atoms with E-state index in [4.69, 9.17) is 14.3 Å². The number of ether oxygens (including phenoxy) is 2. The molecular weight excluding hydrogens is 448 g/mol. The Morgan fingerprint density at radius 2 is 1.94 bits per heavy atom. The van der Waals surface area contributed by atoms with Crippen LogP contribution in [-0.2, 0) is 9.59 Å². The Balaban J connectivity index is 0.00000158. The van der Waals surface area contributed by atoms with Crippen molar-refractivity contribution in [2.45, 2.75) is 18.4 Å². The fourth-order valence-electron chi connectivity index (χ4n) is 3.69. The third-order valence-electron chi connectivity index (χ3n) is 5.38. The minimum absolute atomic E-state index is 0.0624. The van der Waals surface area contributed by atoms with Crippen LogP contribution in [-0.4, -0.2) is 61.2 Å². The number of carbonyl (C=O) groups is 3. The van der Waals surface area contributed by atoms with Crippen molar-refractivity contribution in [2.24, 2.45) is 0 Å². The van der Waals surface area contributed by atoms with Crippen LogP contribution in [0.1, 0.15) is 16.8 Å². The number of piperidine rings is 1. The number of carbonyl (C=O) groups excluding carboxylic acids is 3. The highest BCUT2D eigenvalue weighted by atomic mass is 19.3. The van der Waals surface area contributed by atoms with Crippen LogP contribution in [0.2, 0.25) is 0 Å². The van der Waals surface area contributed by atoms with Crippen LogP contribution >= 0.6 is 0 Å². The van der Waals surface area contributed by atoms with Gasteiger partial charge in [0.25, 0.3) is 11.8 Å². The van der Waals surface area contributed by atoms with E-state index in [1.54, 1.807) is 30.3 Å². The SMILES string of the molecule is C=O.COc1cccc(C(=O)N2CCC(F)(F)C(Oc3ccc4ccccc4n3)C2)c1NC=O. The summed E-state index contributed by atoms with van der Waals surface area (Å²) in [5, 5.41) is 3.32. The van der Waals surface area contributed by atoms with Crippen LogP contribution < -0.4 is 14.8 Å². The first-order chi connectivity index (χ1) is 16.4. The molecule has 8 nitrogen and oxygen atoms in total. The van der Waals surface area contributed by atoms with E-state index in [1.807, 2.05) is 18.9 Å². The van der Waals surface area contributed by atoms with E-state index >= 15 is 0 Å². The lowest BCUT2D eigenvalue weighted by Crippen LogP contribution is -2.55. The molecule has 1 N–H and O–H groups in total. The summed E-state index contributed by atoms with van der Waals surface area (Å²) >= 11 is 0. The molecule has 1 aliphatic rings. The summed E-state index contributed by atoms with van der Waals surface area (Å²) < 4.78 is 40.1. The molecule has 0 bridgehead atoms. The normalized spacial score (nSPS) is 16.7. The summed E-state index contributed by atoms with van der Waals surface area (Å²) in [6.07, 6.45) is -1.70. The number of pyridine rings is 1. The van der Waals surface area contributed by atoms with E-state index < -0.39 is 24.4 Å². The van der Waals surface area contributed by atoms with Gasteiger partial charge in [0.2, 0.25) is 12.3 Å². The molecule has 4 rings (SSSR count). The summed E-state index contributed by atoms with van der Waals surface area (Å²) in [6.45, 7) is 1.51. The van der Waals surface area contributed by atoms with E-state index in [1.165, 1.54) is 24.1 Å². The topological polar surface area (TPSA) is 97.8 Å². The number of benzene rings is 2. The molecule has 2 heterocycles. The monoisotopic (exact) mass is 471 g/mol. The molecule has 0 aliphatic carbocycles. The molecule has 1 atom stereocenters. The number of alkyl halides is 2. The maximum Gasteiger partial charge on any atom is 0.287 e. The van der Waals surface area contributed by atoms with E-state index in [-0.39, 0.29) is 30.2 Å². The lowest BCUT2D eigenvalue weighted by molar-refractivity contribution is -0.131. The predicted octanol–water partition coefficient (Wildman–Crippen LogP) is 3.56. The van der Waals surface area contributed by atoms with Crippen molar-refractivity contribution in [3.05, 3.63) is 60.2 Å². The fraction of sp³-hybridized carbons (Fsp3) is 0.250. The number of rotatable bonds is 6. The van der Waals surface area contributed by atoms with Crippen LogP contribution in [0.4, 0.5) is 14.5 Å². The lowest BCUT2D eigenvalue weighted by Gasteiger charge is -2.38. The van der Waals surface area contributed by atoms with Crippen molar-refractivity contribution in [1.29, 1.82) is 0 Å². The second-order valence-electron chi connectivity index (χ2n) is 7.36. The number of fused-ring (bicyclic) bond motifs is 1. The molecular formula is C24H23F2N3O5. The average Bonchev–Trinajstić information content (AvgIpc) is 2.86. The second-order valence-corrected chi connectivity index (χ2v) is 7.36. The van der Waals surface area contributed by atoms with E-state index in [2.05, 4.69) is 10.3 Å².